The molecular weight excluding hydrogens is 568 g/mol. The Morgan fingerprint density at radius 3 is 2.44 bits per heavy atom. The van der Waals surface area contributed by atoms with Crippen LogP contribution in [0.15, 0.2) is 30.5 Å². The molecule has 0 spiro atoms. The predicted molar refractivity (Wildman–Crippen MR) is 155 cm³/mol. The molecular formula is C30H38F4N6O3. The molecule has 5 rings (SSSR count). The lowest BCUT2D eigenvalue weighted by atomic mass is 9.84. The molecule has 3 aliphatic heterocycles. The second-order valence-electron chi connectivity index (χ2n) is 11.9. The number of carbonyl (C=O) groups excluding carboxylic acids is 2. The van der Waals surface area contributed by atoms with Crippen molar-refractivity contribution in [1.82, 2.24) is 15.2 Å². The second kappa shape index (κ2) is 12.3. The van der Waals surface area contributed by atoms with Crippen molar-refractivity contribution in [3.05, 3.63) is 36.3 Å². The van der Waals surface area contributed by atoms with Gasteiger partial charge in [-0.25, -0.2) is 9.37 Å². The summed E-state index contributed by atoms with van der Waals surface area (Å²) in [6.45, 7) is 8.60. The summed E-state index contributed by atoms with van der Waals surface area (Å²) in [6.07, 6.45) is -3.95. The maximum absolute atomic E-state index is 15.8. The molecule has 3 saturated heterocycles. The molecule has 2 unspecified atom stereocenters. The van der Waals surface area contributed by atoms with Crippen LogP contribution in [0.4, 0.5) is 34.8 Å². The molecule has 3 aliphatic rings. The van der Waals surface area contributed by atoms with E-state index >= 15 is 4.39 Å². The summed E-state index contributed by atoms with van der Waals surface area (Å²) >= 11 is 0. The van der Waals surface area contributed by atoms with Gasteiger partial charge in [-0.3, -0.25) is 14.5 Å². The maximum Gasteiger partial charge on any atom is 0.393 e. The van der Waals surface area contributed by atoms with Gasteiger partial charge in [0.05, 0.1) is 35.9 Å². The van der Waals surface area contributed by atoms with Crippen LogP contribution in [0.1, 0.15) is 27.2 Å². The van der Waals surface area contributed by atoms with Gasteiger partial charge in [0.1, 0.15) is 11.6 Å². The Labute approximate surface area is 248 Å². The van der Waals surface area contributed by atoms with Crippen molar-refractivity contribution in [3.8, 4) is 11.1 Å². The number of piperazine rings is 1. The number of halogens is 4. The number of morpholine rings is 1. The molecule has 0 bridgehead atoms. The van der Waals surface area contributed by atoms with Crippen molar-refractivity contribution < 1.29 is 31.9 Å². The molecule has 4 heterocycles. The van der Waals surface area contributed by atoms with Crippen LogP contribution < -0.4 is 20.4 Å². The van der Waals surface area contributed by atoms with Gasteiger partial charge in [-0.1, -0.05) is 0 Å². The lowest BCUT2D eigenvalue weighted by Gasteiger charge is -2.44. The van der Waals surface area contributed by atoms with Crippen LogP contribution in [0, 0.1) is 17.7 Å². The highest BCUT2D eigenvalue weighted by Gasteiger charge is 2.50. The van der Waals surface area contributed by atoms with E-state index in [0.29, 0.717) is 44.0 Å². The molecule has 13 heteroatoms. The fourth-order valence-electron chi connectivity index (χ4n) is 6.13. The van der Waals surface area contributed by atoms with E-state index in [4.69, 9.17) is 4.74 Å². The number of ether oxygens (including phenoxy) is 1. The average molecular weight is 607 g/mol. The molecule has 43 heavy (non-hydrogen) atoms. The number of amides is 2. The fourth-order valence-corrected chi connectivity index (χ4v) is 6.13. The van der Waals surface area contributed by atoms with E-state index in [2.05, 4.69) is 25.4 Å². The Hall–Kier alpha value is -3.45. The van der Waals surface area contributed by atoms with Crippen molar-refractivity contribution in [2.75, 3.05) is 61.5 Å². The number of nitrogens with zero attached hydrogens (tertiary/aromatic N) is 4. The van der Waals surface area contributed by atoms with Gasteiger partial charge >= 0.3 is 6.18 Å². The number of hydrogen-bond donors (Lipinski definition) is 2. The number of nitrogens with one attached hydrogen (secondary N) is 2. The Morgan fingerprint density at radius 1 is 1.09 bits per heavy atom. The monoisotopic (exact) mass is 606 g/mol. The van der Waals surface area contributed by atoms with E-state index in [9.17, 15) is 22.8 Å². The Kier molecular flexibility index (Phi) is 8.85. The maximum atomic E-state index is 15.8. The van der Waals surface area contributed by atoms with Gasteiger partial charge in [0, 0.05) is 68.6 Å². The quantitative estimate of drug-likeness (QED) is 0.500. The number of piperidine rings is 1. The highest BCUT2D eigenvalue weighted by Crippen LogP contribution is 2.39. The number of hydrogen-bond acceptors (Lipinski definition) is 7. The first kappa shape index (κ1) is 31.0. The molecule has 2 aromatic rings. The van der Waals surface area contributed by atoms with Crippen LogP contribution in [0.3, 0.4) is 0 Å². The van der Waals surface area contributed by atoms with Gasteiger partial charge in [-0.2, -0.15) is 13.2 Å². The summed E-state index contributed by atoms with van der Waals surface area (Å²) in [5, 5.41) is 5.07. The zero-order valence-electron chi connectivity index (χ0n) is 24.7. The highest BCUT2D eigenvalue weighted by molar-refractivity contribution is 5.98. The standard InChI is InChI=1S/C30H38F4N6O3/c1-17-14-40(15-18(2)38(17)4)26-11-24(31)21(20-5-6-27(35-12-20)39-7-8-43-19(3)16-39)9-25(26)37-29(42)22-13-36-28(41)10-23(22)30(32,33)34/h5-6,9,11-12,17-19,22-23H,7-8,10,13-16H2,1-4H3,(H,36,41)(H,37,42)/t17-,18+,19-,22?,23?/m0/s1. The Morgan fingerprint density at radius 2 is 1.81 bits per heavy atom. The summed E-state index contributed by atoms with van der Waals surface area (Å²) in [4.78, 5) is 35.9. The van der Waals surface area contributed by atoms with Crippen LogP contribution in [0.25, 0.3) is 11.1 Å². The van der Waals surface area contributed by atoms with E-state index in [0.717, 1.165) is 5.82 Å². The number of pyridine rings is 1. The number of alkyl halides is 3. The number of aromatic nitrogens is 1. The van der Waals surface area contributed by atoms with Gasteiger partial charge in [-0.15, -0.1) is 0 Å². The lowest BCUT2D eigenvalue weighted by Crippen LogP contribution is -2.55. The summed E-state index contributed by atoms with van der Waals surface area (Å²) in [7, 11) is 2.00. The van der Waals surface area contributed by atoms with Crippen LogP contribution in [-0.4, -0.2) is 92.4 Å². The van der Waals surface area contributed by atoms with Gasteiger partial charge < -0.3 is 25.2 Å². The number of anilines is 3. The second-order valence-corrected chi connectivity index (χ2v) is 11.9. The van der Waals surface area contributed by atoms with Crippen LogP contribution in [-0.2, 0) is 14.3 Å². The molecule has 0 saturated carbocycles. The number of benzene rings is 1. The zero-order chi connectivity index (χ0) is 31.1. The minimum atomic E-state index is -4.73. The Balaban J connectivity index is 1.49. The Bertz CT molecular complexity index is 1330. The molecule has 3 fully saturated rings. The fraction of sp³-hybridized carbons (Fsp3) is 0.567. The van der Waals surface area contributed by atoms with Gasteiger partial charge in [0.2, 0.25) is 11.8 Å². The van der Waals surface area contributed by atoms with Gasteiger partial charge in [-0.05, 0) is 52.1 Å². The molecule has 234 valence electrons. The first-order valence-electron chi connectivity index (χ1n) is 14.6. The third-order valence-electron chi connectivity index (χ3n) is 8.83. The number of carbonyl (C=O) groups is 2. The van der Waals surface area contributed by atoms with Crippen LogP contribution >= 0.6 is 0 Å². The third kappa shape index (κ3) is 6.72. The lowest BCUT2D eigenvalue weighted by molar-refractivity contribution is -0.197. The number of likely N-dealkylation sites (N-methyl/N-ethyl adjacent to an activating group) is 1. The minimum Gasteiger partial charge on any atom is -0.375 e. The van der Waals surface area contributed by atoms with Crippen molar-refractivity contribution in [2.45, 2.75) is 51.6 Å². The van der Waals surface area contributed by atoms with E-state index in [1.54, 1.807) is 18.3 Å². The topological polar surface area (TPSA) is 90.0 Å². The third-order valence-corrected chi connectivity index (χ3v) is 8.83. The highest BCUT2D eigenvalue weighted by atomic mass is 19.4. The number of rotatable bonds is 5. The molecule has 5 atom stereocenters. The minimum absolute atomic E-state index is 0.0563. The summed E-state index contributed by atoms with van der Waals surface area (Å²) in [5.41, 5.74) is 1.21. The van der Waals surface area contributed by atoms with E-state index < -0.39 is 48.6 Å². The predicted octanol–water partition coefficient (Wildman–Crippen LogP) is 3.89. The molecule has 9 nitrogen and oxygen atoms in total. The molecule has 0 aliphatic carbocycles. The van der Waals surface area contributed by atoms with Crippen LogP contribution in [0.5, 0.6) is 0 Å². The smallest absolute Gasteiger partial charge is 0.375 e. The van der Waals surface area contributed by atoms with Crippen molar-refractivity contribution in [1.29, 1.82) is 0 Å². The van der Waals surface area contributed by atoms with Crippen LogP contribution in [0.2, 0.25) is 0 Å². The summed E-state index contributed by atoms with van der Waals surface area (Å²) in [5.74, 6) is -5.10. The normalized spacial score (nSPS) is 27.2. The van der Waals surface area contributed by atoms with Crippen molar-refractivity contribution in [2.24, 2.45) is 11.8 Å². The van der Waals surface area contributed by atoms with Gasteiger partial charge in [0.25, 0.3) is 0 Å². The molecule has 2 N–H and O–H groups in total. The largest absolute Gasteiger partial charge is 0.393 e. The van der Waals surface area contributed by atoms with E-state index in [1.165, 1.54) is 12.1 Å². The molecule has 1 aromatic carbocycles. The first-order chi connectivity index (χ1) is 20.3. The molecule has 1 aromatic heterocycles. The summed E-state index contributed by atoms with van der Waals surface area (Å²) in [6, 6.07) is 6.55. The zero-order valence-corrected chi connectivity index (χ0v) is 24.7. The summed E-state index contributed by atoms with van der Waals surface area (Å²) < 4.78 is 62.9. The van der Waals surface area contributed by atoms with Gasteiger partial charge in [0.15, 0.2) is 0 Å². The molecule has 2 amide bonds. The van der Waals surface area contributed by atoms with Crippen molar-refractivity contribution in [3.63, 3.8) is 0 Å². The van der Waals surface area contributed by atoms with E-state index in [1.807, 2.05) is 32.7 Å². The SMILES string of the molecule is C[C@@H]1CN(c2cc(F)c(-c3ccc(N4CCO[C@@H](C)C4)nc3)cc2NC(=O)C2CNC(=O)CC2C(F)(F)F)C[C@H](C)N1C. The van der Waals surface area contributed by atoms with Crippen molar-refractivity contribution >= 4 is 29.0 Å². The first-order valence-corrected chi connectivity index (χ1v) is 14.6. The van der Waals surface area contributed by atoms with E-state index in [-0.39, 0.29) is 29.4 Å². The molecule has 0 radical (unpaired) electrons. The average Bonchev–Trinajstić information content (AvgIpc) is 2.96.